The van der Waals surface area contributed by atoms with Gasteiger partial charge in [-0.1, -0.05) is 19.9 Å². The van der Waals surface area contributed by atoms with Crippen molar-refractivity contribution in [1.82, 2.24) is 15.1 Å². The van der Waals surface area contributed by atoms with Crippen LogP contribution < -0.4 is 16.4 Å². The predicted molar refractivity (Wildman–Crippen MR) is 139 cm³/mol. The van der Waals surface area contributed by atoms with Crippen molar-refractivity contribution < 1.29 is 27.6 Å². The van der Waals surface area contributed by atoms with Crippen LogP contribution in [0.5, 0.6) is 0 Å². The SMILES string of the molecule is CCC(=O)N[C@@H](C(=O)N1CCN(C)CC1)[C@@H](C)c1ccc(NC(=O)[C@@H](N)C2CCC(=C(F)F)CC2)c(F)c1. The molecular formula is C27H38F3N5O3. The summed E-state index contributed by atoms with van der Waals surface area (Å²) in [5.74, 6) is -2.57. The molecule has 1 aliphatic heterocycles. The molecule has 1 saturated carbocycles. The van der Waals surface area contributed by atoms with Crippen LogP contribution in [0.25, 0.3) is 0 Å². The number of allylic oxidation sites excluding steroid dienone is 1. The summed E-state index contributed by atoms with van der Waals surface area (Å²) in [6, 6.07) is 2.45. The van der Waals surface area contributed by atoms with Crippen LogP contribution in [-0.2, 0) is 14.4 Å². The van der Waals surface area contributed by atoms with E-state index in [2.05, 4.69) is 15.5 Å². The van der Waals surface area contributed by atoms with E-state index in [0.29, 0.717) is 31.5 Å². The van der Waals surface area contributed by atoms with Crippen molar-refractivity contribution in [3.05, 3.63) is 41.2 Å². The summed E-state index contributed by atoms with van der Waals surface area (Å²) >= 11 is 0. The van der Waals surface area contributed by atoms with E-state index >= 15 is 4.39 Å². The Morgan fingerprint density at radius 2 is 1.74 bits per heavy atom. The van der Waals surface area contributed by atoms with Crippen molar-refractivity contribution in [2.45, 2.75) is 64.0 Å². The van der Waals surface area contributed by atoms with Crippen LogP contribution >= 0.6 is 0 Å². The number of halogens is 3. The van der Waals surface area contributed by atoms with Crippen LogP contribution in [0.2, 0.25) is 0 Å². The van der Waals surface area contributed by atoms with E-state index in [9.17, 15) is 23.2 Å². The second-order valence-corrected chi connectivity index (χ2v) is 10.3. The average Bonchev–Trinajstić information content (AvgIpc) is 2.91. The summed E-state index contributed by atoms with van der Waals surface area (Å²) in [6.45, 7) is 5.99. The van der Waals surface area contributed by atoms with Gasteiger partial charge >= 0.3 is 0 Å². The van der Waals surface area contributed by atoms with E-state index in [0.717, 1.165) is 13.1 Å². The lowest BCUT2D eigenvalue weighted by molar-refractivity contribution is -0.138. The van der Waals surface area contributed by atoms with E-state index in [1.165, 1.54) is 12.1 Å². The number of hydrogen-bond donors (Lipinski definition) is 3. The molecule has 3 rings (SSSR count). The van der Waals surface area contributed by atoms with Crippen LogP contribution in [0, 0.1) is 11.7 Å². The lowest BCUT2D eigenvalue weighted by atomic mass is 9.81. The van der Waals surface area contributed by atoms with Gasteiger partial charge in [0.1, 0.15) is 11.9 Å². The van der Waals surface area contributed by atoms with Gasteiger partial charge in [-0.05, 0) is 61.9 Å². The first kappa shape index (κ1) is 29.6. The Balaban J connectivity index is 1.69. The standard InChI is InChI=1S/C27H38F3N5O3/c1-4-22(36)33-24(27(38)35-13-11-34(3)12-14-35)16(2)19-9-10-21(20(28)15-19)32-26(37)23(31)17-5-7-18(8-6-17)25(29)30/h9-10,15-17,23-24H,4-8,11-14,31H2,1-3H3,(H,32,37)(H,33,36)/t16-,23-,24+/m0/s1. The van der Waals surface area contributed by atoms with Gasteiger partial charge in [-0.3, -0.25) is 14.4 Å². The highest BCUT2D eigenvalue weighted by Crippen LogP contribution is 2.33. The number of carbonyl (C=O) groups excluding carboxylic acids is 3. The molecule has 0 spiro atoms. The van der Waals surface area contributed by atoms with Crippen molar-refractivity contribution in [3.8, 4) is 0 Å². The molecule has 4 N–H and O–H groups in total. The Bertz CT molecular complexity index is 1040. The molecule has 3 amide bonds. The zero-order chi connectivity index (χ0) is 28.0. The van der Waals surface area contributed by atoms with Crippen LogP contribution in [0.4, 0.5) is 18.9 Å². The maximum Gasteiger partial charge on any atom is 0.269 e. The highest BCUT2D eigenvalue weighted by molar-refractivity contribution is 5.95. The van der Waals surface area contributed by atoms with Gasteiger partial charge in [0.25, 0.3) is 6.08 Å². The molecule has 2 fully saturated rings. The third kappa shape index (κ3) is 7.35. The molecule has 1 saturated heterocycles. The Morgan fingerprint density at radius 1 is 1.11 bits per heavy atom. The first-order chi connectivity index (χ1) is 18.0. The van der Waals surface area contributed by atoms with Gasteiger partial charge in [-0.25, -0.2) is 4.39 Å². The van der Waals surface area contributed by atoms with Crippen molar-refractivity contribution >= 4 is 23.4 Å². The minimum atomic E-state index is -1.67. The molecule has 1 aliphatic carbocycles. The summed E-state index contributed by atoms with van der Waals surface area (Å²) in [7, 11) is 1.98. The number of amides is 3. The highest BCUT2D eigenvalue weighted by Gasteiger charge is 2.33. The number of rotatable bonds is 8. The minimum Gasteiger partial charge on any atom is -0.344 e. The molecular weight excluding hydrogens is 499 g/mol. The molecule has 0 aromatic heterocycles. The number of anilines is 1. The Hall–Kier alpha value is -2.92. The maximum atomic E-state index is 15.1. The molecule has 0 unspecified atom stereocenters. The lowest BCUT2D eigenvalue weighted by Crippen LogP contribution is -2.55. The van der Waals surface area contributed by atoms with Crippen molar-refractivity contribution in [1.29, 1.82) is 0 Å². The summed E-state index contributed by atoms with van der Waals surface area (Å²) < 4.78 is 40.7. The second kappa shape index (κ2) is 13.2. The van der Waals surface area contributed by atoms with Crippen LogP contribution in [-0.4, -0.2) is 72.8 Å². The van der Waals surface area contributed by atoms with Gasteiger partial charge in [-0.15, -0.1) is 0 Å². The van der Waals surface area contributed by atoms with Crippen molar-refractivity contribution in [3.63, 3.8) is 0 Å². The summed E-state index contributed by atoms with van der Waals surface area (Å²) in [4.78, 5) is 42.1. The van der Waals surface area contributed by atoms with E-state index in [1.54, 1.807) is 24.8 Å². The third-order valence-electron chi connectivity index (χ3n) is 7.71. The Kier molecular flexibility index (Phi) is 10.3. The normalized spacial score (nSPS) is 20.9. The van der Waals surface area contributed by atoms with Gasteiger partial charge in [0.2, 0.25) is 17.7 Å². The van der Waals surface area contributed by atoms with Gasteiger partial charge in [0.05, 0.1) is 11.7 Å². The van der Waals surface area contributed by atoms with Crippen LogP contribution in [0.1, 0.15) is 57.4 Å². The quantitative estimate of drug-likeness (QED) is 0.472. The number of carbonyl (C=O) groups is 3. The lowest BCUT2D eigenvalue weighted by Gasteiger charge is -2.36. The van der Waals surface area contributed by atoms with E-state index in [1.807, 2.05) is 7.05 Å². The molecule has 8 nitrogen and oxygen atoms in total. The molecule has 0 bridgehead atoms. The Labute approximate surface area is 221 Å². The van der Waals surface area contributed by atoms with Gasteiger partial charge < -0.3 is 26.2 Å². The monoisotopic (exact) mass is 537 g/mol. The highest BCUT2D eigenvalue weighted by atomic mass is 19.3. The largest absolute Gasteiger partial charge is 0.344 e. The fraction of sp³-hybridized carbons (Fsp3) is 0.593. The van der Waals surface area contributed by atoms with Crippen LogP contribution in [0.3, 0.4) is 0 Å². The molecule has 210 valence electrons. The average molecular weight is 538 g/mol. The summed E-state index contributed by atoms with van der Waals surface area (Å²) in [5, 5.41) is 5.31. The fourth-order valence-corrected chi connectivity index (χ4v) is 4.97. The zero-order valence-corrected chi connectivity index (χ0v) is 22.2. The third-order valence-corrected chi connectivity index (χ3v) is 7.71. The number of hydrogen-bond acceptors (Lipinski definition) is 5. The molecule has 2 aliphatic rings. The predicted octanol–water partition coefficient (Wildman–Crippen LogP) is 3.20. The number of nitrogens with one attached hydrogen (secondary N) is 2. The van der Waals surface area contributed by atoms with Crippen molar-refractivity contribution in [2.24, 2.45) is 11.7 Å². The van der Waals surface area contributed by atoms with Gasteiger partial charge in [0, 0.05) is 38.5 Å². The van der Waals surface area contributed by atoms with Crippen LogP contribution in [0.15, 0.2) is 29.9 Å². The van der Waals surface area contributed by atoms with E-state index < -0.39 is 35.8 Å². The minimum absolute atomic E-state index is 0.0628. The molecule has 0 radical (unpaired) electrons. The first-order valence-corrected chi connectivity index (χ1v) is 13.2. The molecule has 1 aromatic rings. The van der Waals surface area contributed by atoms with Gasteiger partial charge in [-0.2, -0.15) is 8.78 Å². The molecule has 11 heteroatoms. The first-order valence-electron chi connectivity index (χ1n) is 13.2. The molecule has 1 heterocycles. The number of nitrogens with two attached hydrogens (primary N) is 1. The maximum absolute atomic E-state index is 15.1. The summed E-state index contributed by atoms with van der Waals surface area (Å²) in [5.41, 5.74) is 6.61. The Morgan fingerprint density at radius 3 is 2.29 bits per heavy atom. The van der Waals surface area contributed by atoms with E-state index in [-0.39, 0.29) is 48.3 Å². The zero-order valence-electron chi connectivity index (χ0n) is 22.2. The molecule has 3 atom stereocenters. The van der Waals surface area contributed by atoms with Gasteiger partial charge in [0.15, 0.2) is 0 Å². The number of piperazine rings is 1. The molecule has 38 heavy (non-hydrogen) atoms. The van der Waals surface area contributed by atoms with Crippen molar-refractivity contribution in [2.75, 3.05) is 38.5 Å². The number of nitrogens with zero attached hydrogens (tertiary/aromatic N) is 2. The smallest absolute Gasteiger partial charge is 0.269 e. The fourth-order valence-electron chi connectivity index (χ4n) is 4.97. The summed E-state index contributed by atoms with van der Waals surface area (Å²) in [6.07, 6.45) is -0.340. The number of likely N-dealkylation sites (N-methyl/N-ethyl adjacent to an activating group) is 1. The number of benzene rings is 1. The van der Waals surface area contributed by atoms with E-state index in [4.69, 9.17) is 5.73 Å². The topological polar surface area (TPSA) is 108 Å². The molecule has 1 aromatic carbocycles. The second-order valence-electron chi connectivity index (χ2n) is 10.3.